The molecule has 6 heteroatoms. The largest absolute Gasteiger partial charge is 0.477 e. The van der Waals surface area contributed by atoms with Crippen LogP contribution >= 0.6 is 11.3 Å². The zero-order valence-electron chi connectivity index (χ0n) is 12.4. The number of hydrogen-bond acceptors (Lipinski definition) is 4. The van der Waals surface area contributed by atoms with Gasteiger partial charge in [-0.15, -0.1) is 11.3 Å². The summed E-state index contributed by atoms with van der Waals surface area (Å²) < 4.78 is 0. The minimum Gasteiger partial charge on any atom is -0.477 e. The molecule has 0 saturated heterocycles. The molecule has 0 fully saturated rings. The minimum absolute atomic E-state index is 0.0507. The van der Waals surface area contributed by atoms with Gasteiger partial charge in [0.15, 0.2) is 5.78 Å². The van der Waals surface area contributed by atoms with Crippen molar-refractivity contribution in [3.8, 4) is 11.3 Å². The third-order valence-electron chi connectivity index (χ3n) is 3.48. The van der Waals surface area contributed by atoms with E-state index in [4.69, 9.17) is 5.11 Å². The molecule has 2 N–H and O–H groups in total. The number of H-pyrrole nitrogens is 1. The lowest BCUT2D eigenvalue weighted by atomic mass is 10.1. The van der Waals surface area contributed by atoms with E-state index in [-0.39, 0.29) is 11.5 Å². The quantitative estimate of drug-likeness (QED) is 0.701. The second kappa shape index (κ2) is 6.18. The van der Waals surface area contributed by atoms with Gasteiger partial charge in [0, 0.05) is 29.1 Å². The van der Waals surface area contributed by atoms with E-state index < -0.39 is 5.97 Å². The summed E-state index contributed by atoms with van der Waals surface area (Å²) in [5.74, 6) is -0.938. The molecule has 5 nitrogen and oxygen atoms in total. The van der Waals surface area contributed by atoms with Gasteiger partial charge in [-0.3, -0.25) is 4.79 Å². The summed E-state index contributed by atoms with van der Waals surface area (Å²) >= 11 is 1.53. The molecule has 2 heterocycles. The van der Waals surface area contributed by atoms with Gasteiger partial charge in [-0.25, -0.2) is 9.78 Å². The first-order valence-electron chi connectivity index (χ1n) is 6.99. The number of aromatic amines is 1. The van der Waals surface area contributed by atoms with Crippen molar-refractivity contribution < 1.29 is 14.7 Å². The van der Waals surface area contributed by atoms with Crippen LogP contribution in [0.1, 0.15) is 38.3 Å². The molecule has 0 spiro atoms. The fraction of sp³-hybridized carbons (Fsp3) is 0.118. The minimum atomic E-state index is -0.989. The lowest BCUT2D eigenvalue weighted by Crippen LogP contribution is -1.94. The molecule has 23 heavy (non-hydrogen) atoms. The molecule has 0 atom stereocenters. The van der Waals surface area contributed by atoms with Crippen molar-refractivity contribution in [1.29, 1.82) is 0 Å². The van der Waals surface area contributed by atoms with Gasteiger partial charge >= 0.3 is 5.97 Å². The summed E-state index contributed by atoms with van der Waals surface area (Å²) in [6.07, 6.45) is 2.32. The maximum Gasteiger partial charge on any atom is 0.352 e. The number of ketones is 1. The van der Waals surface area contributed by atoms with E-state index in [0.29, 0.717) is 12.0 Å². The molecule has 0 bridgehead atoms. The number of hydrogen-bond donors (Lipinski definition) is 2. The first-order valence-corrected chi connectivity index (χ1v) is 7.87. The van der Waals surface area contributed by atoms with Gasteiger partial charge in [-0.1, -0.05) is 24.3 Å². The average molecular weight is 326 g/mol. The van der Waals surface area contributed by atoms with Crippen LogP contribution in [0.2, 0.25) is 0 Å². The number of thiazole rings is 1. The Balaban J connectivity index is 1.76. The number of aromatic carboxylic acids is 1. The van der Waals surface area contributed by atoms with Crippen molar-refractivity contribution in [1.82, 2.24) is 9.97 Å². The van der Waals surface area contributed by atoms with E-state index >= 15 is 0 Å². The van der Waals surface area contributed by atoms with Crippen molar-refractivity contribution in [3.63, 3.8) is 0 Å². The van der Waals surface area contributed by atoms with Crippen LogP contribution in [0.15, 0.2) is 41.9 Å². The highest BCUT2D eigenvalue weighted by Gasteiger charge is 2.11. The maximum atomic E-state index is 11.3. The van der Waals surface area contributed by atoms with E-state index in [1.807, 2.05) is 29.6 Å². The summed E-state index contributed by atoms with van der Waals surface area (Å²) in [7, 11) is 0. The van der Waals surface area contributed by atoms with E-state index in [0.717, 1.165) is 21.8 Å². The molecule has 0 radical (unpaired) electrons. The SMILES string of the molecule is CC(=O)c1ccc(Cc2nc(-c3c[nH]c(C(=O)O)c3)cs2)cc1. The summed E-state index contributed by atoms with van der Waals surface area (Å²) in [5, 5.41) is 11.8. The number of carboxylic acid groups (broad SMARTS) is 1. The molecule has 0 amide bonds. The van der Waals surface area contributed by atoms with Gasteiger partial charge < -0.3 is 10.1 Å². The highest BCUT2D eigenvalue weighted by molar-refractivity contribution is 7.10. The Labute approximate surface area is 136 Å². The van der Waals surface area contributed by atoms with E-state index in [1.54, 1.807) is 19.2 Å². The van der Waals surface area contributed by atoms with Crippen molar-refractivity contribution in [3.05, 3.63) is 63.7 Å². The van der Waals surface area contributed by atoms with Gasteiger partial charge in [0.05, 0.1) is 10.7 Å². The predicted octanol–water partition coefficient (Wildman–Crippen LogP) is 3.63. The Bertz CT molecular complexity index is 862. The highest BCUT2D eigenvalue weighted by Crippen LogP contribution is 2.24. The van der Waals surface area contributed by atoms with Crippen molar-refractivity contribution in [2.24, 2.45) is 0 Å². The van der Waals surface area contributed by atoms with Gasteiger partial charge in [0.1, 0.15) is 5.69 Å². The summed E-state index contributed by atoms with van der Waals surface area (Å²) in [4.78, 5) is 29.4. The van der Waals surface area contributed by atoms with Crippen molar-refractivity contribution in [2.45, 2.75) is 13.3 Å². The molecular formula is C17H14N2O3S. The number of Topliss-reactive ketones (excluding diaryl/α,β-unsaturated/α-hetero) is 1. The molecule has 2 aromatic heterocycles. The zero-order valence-corrected chi connectivity index (χ0v) is 13.2. The lowest BCUT2D eigenvalue weighted by molar-refractivity contribution is 0.0691. The third kappa shape index (κ3) is 3.37. The number of aromatic nitrogens is 2. The van der Waals surface area contributed by atoms with Crippen LogP contribution in [0.4, 0.5) is 0 Å². The normalized spacial score (nSPS) is 10.7. The summed E-state index contributed by atoms with van der Waals surface area (Å²) in [6, 6.07) is 9.06. The Morgan fingerprint density at radius 3 is 2.61 bits per heavy atom. The van der Waals surface area contributed by atoms with Crippen molar-refractivity contribution >= 4 is 23.1 Å². The van der Waals surface area contributed by atoms with E-state index in [1.165, 1.54) is 11.3 Å². The van der Waals surface area contributed by atoms with Crippen LogP contribution < -0.4 is 0 Å². The monoisotopic (exact) mass is 326 g/mol. The Hall–Kier alpha value is -2.73. The Morgan fingerprint density at radius 2 is 2.00 bits per heavy atom. The maximum absolute atomic E-state index is 11.3. The molecule has 3 aromatic rings. The summed E-state index contributed by atoms with van der Waals surface area (Å²) in [6.45, 7) is 1.55. The fourth-order valence-electron chi connectivity index (χ4n) is 2.22. The summed E-state index contributed by atoms with van der Waals surface area (Å²) in [5.41, 5.74) is 3.44. The first kappa shape index (κ1) is 15.2. The number of carboxylic acids is 1. The fourth-order valence-corrected chi connectivity index (χ4v) is 3.06. The van der Waals surface area contributed by atoms with Gasteiger partial charge in [-0.05, 0) is 18.6 Å². The molecule has 116 valence electrons. The molecule has 0 aliphatic rings. The van der Waals surface area contributed by atoms with Crippen LogP contribution in [-0.4, -0.2) is 26.8 Å². The second-order valence-electron chi connectivity index (χ2n) is 5.16. The molecule has 0 aliphatic heterocycles. The molecule has 0 saturated carbocycles. The first-order chi connectivity index (χ1) is 11.0. The topological polar surface area (TPSA) is 83.0 Å². The number of carbonyl (C=O) groups is 2. The van der Waals surface area contributed by atoms with Crippen LogP contribution in [0.5, 0.6) is 0 Å². The average Bonchev–Trinajstić information content (AvgIpc) is 3.16. The van der Waals surface area contributed by atoms with Crippen LogP contribution in [0.3, 0.4) is 0 Å². The van der Waals surface area contributed by atoms with Gasteiger partial charge in [0.2, 0.25) is 0 Å². The van der Waals surface area contributed by atoms with Crippen molar-refractivity contribution in [2.75, 3.05) is 0 Å². The van der Waals surface area contributed by atoms with Crippen LogP contribution in [0, 0.1) is 0 Å². The van der Waals surface area contributed by atoms with E-state index in [2.05, 4.69) is 9.97 Å². The number of carbonyl (C=O) groups excluding carboxylic acids is 1. The van der Waals surface area contributed by atoms with Gasteiger partial charge in [-0.2, -0.15) is 0 Å². The Kier molecular flexibility index (Phi) is 4.08. The lowest BCUT2D eigenvalue weighted by Gasteiger charge is -2.00. The molecule has 3 rings (SSSR count). The molecule has 0 aliphatic carbocycles. The number of benzene rings is 1. The zero-order chi connectivity index (χ0) is 16.4. The number of nitrogens with one attached hydrogen (secondary N) is 1. The third-order valence-corrected chi connectivity index (χ3v) is 4.33. The second-order valence-corrected chi connectivity index (χ2v) is 6.11. The molecule has 0 unspecified atom stereocenters. The molecule has 1 aromatic carbocycles. The van der Waals surface area contributed by atoms with Gasteiger partial charge in [0.25, 0.3) is 0 Å². The molecular weight excluding hydrogens is 312 g/mol. The number of nitrogens with zero attached hydrogens (tertiary/aromatic N) is 1. The highest BCUT2D eigenvalue weighted by atomic mass is 32.1. The van der Waals surface area contributed by atoms with E-state index in [9.17, 15) is 9.59 Å². The smallest absolute Gasteiger partial charge is 0.352 e. The van der Waals surface area contributed by atoms with Crippen LogP contribution in [-0.2, 0) is 6.42 Å². The number of rotatable bonds is 5. The predicted molar refractivity (Wildman–Crippen MR) is 88.1 cm³/mol. The standard InChI is InChI=1S/C17H14N2O3S/c1-10(20)12-4-2-11(3-5-12)6-16-19-15(9-23-16)13-7-14(17(21)22)18-8-13/h2-5,7-9,18H,6H2,1H3,(H,21,22). The van der Waals surface area contributed by atoms with Crippen LogP contribution in [0.25, 0.3) is 11.3 Å². The Morgan fingerprint density at radius 1 is 1.26 bits per heavy atom.